The van der Waals surface area contributed by atoms with E-state index in [0.717, 1.165) is 16.7 Å². The quantitative estimate of drug-likeness (QED) is 0.721. The average Bonchev–Trinajstić information content (AvgIpc) is 2.18. The van der Waals surface area contributed by atoms with Crippen LogP contribution in [0.4, 0.5) is 0 Å². The molecule has 0 aliphatic heterocycles. The van der Waals surface area contributed by atoms with Gasteiger partial charge in [0, 0.05) is 11.6 Å². The number of ether oxygens (including phenoxy) is 1. The number of rotatable bonds is 2. The zero-order chi connectivity index (χ0) is 9.97. The van der Waals surface area contributed by atoms with Crippen molar-refractivity contribution in [1.29, 1.82) is 0 Å². The molecule has 0 aliphatic carbocycles. The fraction of sp³-hybridized carbons (Fsp3) is 0.250. The normalized spacial score (nSPS) is 10.8. The van der Waals surface area contributed by atoms with Gasteiger partial charge in [-0.25, -0.2) is 0 Å². The maximum Gasteiger partial charge on any atom is 0.129 e. The molecule has 2 rings (SSSR count). The van der Waals surface area contributed by atoms with Crippen molar-refractivity contribution >= 4 is 10.9 Å². The summed E-state index contributed by atoms with van der Waals surface area (Å²) in [5, 5.41) is 1.07. The molecule has 1 aromatic heterocycles. The molecule has 0 amide bonds. The van der Waals surface area contributed by atoms with Crippen LogP contribution in [0.15, 0.2) is 36.5 Å². The monoisotopic (exact) mass is 187 g/mol. The molecule has 0 bridgehead atoms. The van der Waals surface area contributed by atoms with Crippen LogP contribution in [0.3, 0.4) is 0 Å². The average molecular weight is 187 g/mol. The van der Waals surface area contributed by atoms with Crippen LogP contribution >= 0.6 is 0 Å². The smallest absolute Gasteiger partial charge is 0.129 e. The molecule has 2 aromatic rings. The first-order valence-corrected chi connectivity index (χ1v) is 4.78. The third-order valence-electron chi connectivity index (χ3n) is 1.97. The van der Waals surface area contributed by atoms with Crippen molar-refractivity contribution in [3.05, 3.63) is 36.5 Å². The van der Waals surface area contributed by atoms with Gasteiger partial charge in [0.15, 0.2) is 0 Å². The van der Waals surface area contributed by atoms with E-state index in [4.69, 9.17) is 4.74 Å². The molecule has 2 nitrogen and oxygen atoms in total. The van der Waals surface area contributed by atoms with Crippen LogP contribution in [0.5, 0.6) is 5.75 Å². The van der Waals surface area contributed by atoms with E-state index in [0.29, 0.717) is 0 Å². The standard InChI is InChI=1S/C12H13NO/c1-9(2)14-12-7-3-6-11-10(12)5-4-8-13-11/h3-9H,1-2H3. The Hall–Kier alpha value is -1.57. The molecule has 72 valence electrons. The second-order valence-corrected chi connectivity index (χ2v) is 3.49. The first-order chi connectivity index (χ1) is 6.77. The lowest BCUT2D eigenvalue weighted by Gasteiger charge is -2.11. The molecule has 0 fully saturated rings. The second kappa shape index (κ2) is 3.66. The fourth-order valence-electron chi connectivity index (χ4n) is 1.43. The largest absolute Gasteiger partial charge is 0.490 e. The van der Waals surface area contributed by atoms with E-state index in [9.17, 15) is 0 Å². The van der Waals surface area contributed by atoms with Gasteiger partial charge in [-0.05, 0) is 38.1 Å². The van der Waals surface area contributed by atoms with Crippen LogP contribution in [0.1, 0.15) is 13.8 Å². The predicted molar refractivity (Wildman–Crippen MR) is 57.5 cm³/mol. The van der Waals surface area contributed by atoms with Crippen LogP contribution in [-0.4, -0.2) is 11.1 Å². The van der Waals surface area contributed by atoms with Gasteiger partial charge in [0.05, 0.1) is 11.6 Å². The molecular formula is C12H13NO. The van der Waals surface area contributed by atoms with Gasteiger partial charge in [-0.15, -0.1) is 0 Å². The van der Waals surface area contributed by atoms with E-state index in [1.165, 1.54) is 0 Å². The van der Waals surface area contributed by atoms with Crippen LogP contribution in [0.25, 0.3) is 10.9 Å². The number of hydrogen-bond acceptors (Lipinski definition) is 2. The highest BCUT2D eigenvalue weighted by atomic mass is 16.5. The molecule has 0 spiro atoms. The number of benzene rings is 1. The molecule has 0 N–H and O–H groups in total. The fourth-order valence-corrected chi connectivity index (χ4v) is 1.43. The molecule has 0 saturated carbocycles. The SMILES string of the molecule is CC(C)Oc1cccc2ncccc12. The molecule has 2 heteroatoms. The summed E-state index contributed by atoms with van der Waals surface area (Å²) < 4.78 is 5.69. The topological polar surface area (TPSA) is 22.1 Å². The summed E-state index contributed by atoms with van der Waals surface area (Å²) in [4.78, 5) is 4.27. The van der Waals surface area contributed by atoms with Gasteiger partial charge in [0.1, 0.15) is 5.75 Å². The van der Waals surface area contributed by atoms with E-state index < -0.39 is 0 Å². The van der Waals surface area contributed by atoms with E-state index in [1.807, 2.05) is 44.2 Å². The highest BCUT2D eigenvalue weighted by molar-refractivity contribution is 5.84. The van der Waals surface area contributed by atoms with Crippen molar-refractivity contribution in [3.63, 3.8) is 0 Å². The highest BCUT2D eigenvalue weighted by Crippen LogP contribution is 2.24. The van der Waals surface area contributed by atoms with Gasteiger partial charge in [-0.2, -0.15) is 0 Å². The van der Waals surface area contributed by atoms with Crippen LogP contribution in [0, 0.1) is 0 Å². The van der Waals surface area contributed by atoms with Gasteiger partial charge in [0.2, 0.25) is 0 Å². The third kappa shape index (κ3) is 1.69. The summed E-state index contributed by atoms with van der Waals surface area (Å²) >= 11 is 0. The first kappa shape index (κ1) is 9.00. The van der Waals surface area contributed by atoms with Gasteiger partial charge in [0.25, 0.3) is 0 Å². The molecule has 0 atom stereocenters. The molecule has 0 radical (unpaired) electrons. The van der Waals surface area contributed by atoms with Crippen molar-refractivity contribution in [2.24, 2.45) is 0 Å². The summed E-state index contributed by atoms with van der Waals surface area (Å²) in [7, 11) is 0. The Morgan fingerprint density at radius 2 is 2.00 bits per heavy atom. The van der Waals surface area contributed by atoms with Crippen molar-refractivity contribution in [2.45, 2.75) is 20.0 Å². The van der Waals surface area contributed by atoms with Crippen molar-refractivity contribution < 1.29 is 4.74 Å². The number of pyridine rings is 1. The minimum atomic E-state index is 0.195. The zero-order valence-electron chi connectivity index (χ0n) is 8.40. The molecule has 0 unspecified atom stereocenters. The number of aromatic nitrogens is 1. The summed E-state index contributed by atoms with van der Waals surface area (Å²) in [6, 6.07) is 9.88. The Labute approximate surface area is 83.5 Å². The van der Waals surface area contributed by atoms with E-state index in [2.05, 4.69) is 4.98 Å². The summed E-state index contributed by atoms with van der Waals surface area (Å²) in [5.41, 5.74) is 0.977. The lowest BCUT2D eigenvalue weighted by Crippen LogP contribution is -2.05. The van der Waals surface area contributed by atoms with Gasteiger partial charge >= 0.3 is 0 Å². The molecule has 14 heavy (non-hydrogen) atoms. The van der Waals surface area contributed by atoms with Gasteiger partial charge in [-0.3, -0.25) is 4.98 Å². The summed E-state index contributed by atoms with van der Waals surface area (Å²) in [5.74, 6) is 0.908. The number of hydrogen-bond donors (Lipinski definition) is 0. The highest BCUT2D eigenvalue weighted by Gasteiger charge is 2.02. The number of fused-ring (bicyclic) bond motifs is 1. The second-order valence-electron chi connectivity index (χ2n) is 3.49. The minimum absolute atomic E-state index is 0.195. The Balaban J connectivity index is 2.53. The lowest BCUT2D eigenvalue weighted by atomic mass is 10.2. The van der Waals surface area contributed by atoms with Gasteiger partial charge < -0.3 is 4.74 Å². The van der Waals surface area contributed by atoms with Crippen molar-refractivity contribution in [2.75, 3.05) is 0 Å². The van der Waals surface area contributed by atoms with E-state index in [1.54, 1.807) is 6.20 Å². The summed E-state index contributed by atoms with van der Waals surface area (Å²) in [6.07, 6.45) is 1.99. The third-order valence-corrected chi connectivity index (χ3v) is 1.97. The minimum Gasteiger partial charge on any atom is -0.490 e. The lowest BCUT2D eigenvalue weighted by molar-refractivity contribution is 0.245. The van der Waals surface area contributed by atoms with Crippen molar-refractivity contribution in [1.82, 2.24) is 4.98 Å². The Morgan fingerprint density at radius 1 is 1.14 bits per heavy atom. The van der Waals surface area contributed by atoms with E-state index in [-0.39, 0.29) is 6.10 Å². The molecule has 0 saturated heterocycles. The Morgan fingerprint density at radius 3 is 2.79 bits per heavy atom. The molecule has 1 aromatic carbocycles. The van der Waals surface area contributed by atoms with Gasteiger partial charge in [-0.1, -0.05) is 6.07 Å². The van der Waals surface area contributed by atoms with E-state index >= 15 is 0 Å². The van der Waals surface area contributed by atoms with Crippen molar-refractivity contribution in [3.8, 4) is 5.75 Å². The Kier molecular flexibility index (Phi) is 2.35. The molecule has 1 heterocycles. The first-order valence-electron chi connectivity index (χ1n) is 4.78. The number of nitrogens with zero attached hydrogens (tertiary/aromatic N) is 1. The maximum absolute atomic E-state index is 5.69. The molecular weight excluding hydrogens is 174 g/mol. The Bertz CT molecular complexity index is 432. The summed E-state index contributed by atoms with van der Waals surface area (Å²) in [6.45, 7) is 4.05. The maximum atomic E-state index is 5.69. The van der Waals surface area contributed by atoms with Crippen LogP contribution in [0.2, 0.25) is 0 Å². The zero-order valence-corrected chi connectivity index (χ0v) is 8.40. The molecule has 0 aliphatic rings. The van der Waals surface area contributed by atoms with Crippen LogP contribution in [-0.2, 0) is 0 Å². The predicted octanol–water partition coefficient (Wildman–Crippen LogP) is 3.02. The van der Waals surface area contributed by atoms with Crippen LogP contribution < -0.4 is 4.74 Å².